The molecule has 0 aliphatic heterocycles. The Kier molecular flexibility index (Phi) is 7.58. The van der Waals surface area contributed by atoms with Gasteiger partial charge in [-0.2, -0.15) is 0 Å². The molecule has 9 aromatic carbocycles. The first kappa shape index (κ1) is 34.4. The number of rotatable bonds is 5. The Hall–Kier alpha value is -7.62. The van der Waals surface area contributed by atoms with Crippen LogP contribution in [0.4, 0.5) is 0 Å². The summed E-state index contributed by atoms with van der Waals surface area (Å²) >= 11 is 0. The van der Waals surface area contributed by atoms with Gasteiger partial charge in [-0.25, -0.2) is 9.97 Å². The molecule has 282 valence electrons. The van der Waals surface area contributed by atoms with E-state index in [4.69, 9.17) is 14.4 Å². The highest BCUT2D eigenvalue weighted by Gasteiger charge is 2.37. The first-order valence-electron chi connectivity index (χ1n) is 20.6. The van der Waals surface area contributed by atoms with Crippen molar-refractivity contribution in [2.45, 2.75) is 19.3 Å². The normalized spacial score (nSPS) is 13.0. The quantitative estimate of drug-likeness (QED) is 0.175. The lowest BCUT2D eigenvalue weighted by Crippen LogP contribution is -2.14. The van der Waals surface area contributed by atoms with E-state index in [-0.39, 0.29) is 5.41 Å². The molecule has 2 aromatic heterocycles. The standard InChI is InChI=1S/C57H38N2O/c1-57(2)48-24-12-22-41(53(48)47-32-39-17-6-7-18-40(39)33-49(47)57)36-26-28-37(29-27-36)50-34-51(59-56(58-50)38-15-4-3-5-16-38)44-21-11-10-20-43(44)45-23-13-25-52-54(45)46-31-30-35-14-8-9-19-42(35)55(46)60-52/h3-34H,1-2H3. The maximum atomic E-state index is 6.61. The number of hydrogen-bond donors (Lipinski definition) is 0. The van der Waals surface area contributed by atoms with E-state index in [2.05, 4.69) is 190 Å². The molecule has 3 nitrogen and oxygen atoms in total. The molecule has 0 bridgehead atoms. The van der Waals surface area contributed by atoms with E-state index in [9.17, 15) is 0 Å². The van der Waals surface area contributed by atoms with Crippen LogP contribution in [0.1, 0.15) is 25.0 Å². The molecule has 11 aromatic rings. The molecule has 60 heavy (non-hydrogen) atoms. The molecule has 0 unspecified atom stereocenters. The number of aromatic nitrogens is 2. The van der Waals surface area contributed by atoms with Crippen LogP contribution in [0.3, 0.4) is 0 Å². The monoisotopic (exact) mass is 766 g/mol. The van der Waals surface area contributed by atoms with Gasteiger partial charge in [-0.1, -0.05) is 178 Å². The smallest absolute Gasteiger partial charge is 0.160 e. The van der Waals surface area contributed by atoms with Gasteiger partial charge in [0.25, 0.3) is 0 Å². The Bertz CT molecular complexity index is 3500. The van der Waals surface area contributed by atoms with Crippen LogP contribution in [0.25, 0.3) is 111 Å². The van der Waals surface area contributed by atoms with E-state index in [0.717, 1.165) is 71.9 Å². The van der Waals surface area contributed by atoms with E-state index in [0.29, 0.717) is 5.82 Å². The number of furan rings is 1. The van der Waals surface area contributed by atoms with Gasteiger partial charge in [0.15, 0.2) is 5.82 Å². The van der Waals surface area contributed by atoms with Crippen molar-refractivity contribution >= 4 is 43.5 Å². The van der Waals surface area contributed by atoms with Gasteiger partial charge in [-0.15, -0.1) is 0 Å². The van der Waals surface area contributed by atoms with Crippen LogP contribution in [-0.4, -0.2) is 9.97 Å². The summed E-state index contributed by atoms with van der Waals surface area (Å²) in [5.74, 6) is 0.687. The molecular weight excluding hydrogens is 729 g/mol. The largest absolute Gasteiger partial charge is 0.455 e. The molecule has 0 radical (unpaired) electrons. The first-order valence-corrected chi connectivity index (χ1v) is 20.6. The van der Waals surface area contributed by atoms with E-state index in [1.54, 1.807) is 0 Å². The fraction of sp³-hybridized carbons (Fsp3) is 0.0526. The summed E-state index contributed by atoms with van der Waals surface area (Å²) in [7, 11) is 0. The van der Waals surface area contributed by atoms with Gasteiger partial charge >= 0.3 is 0 Å². The molecule has 0 atom stereocenters. The average molecular weight is 767 g/mol. The second kappa shape index (κ2) is 13.2. The summed E-state index contributed by atoms with van der Waals surface area (Å²) in [6, 6.07) is 69.4. The van der Waals surface area contributed by atoms with Crippen LogP contribution >= 0.6 is 0 Å². The highest BCUT2D eigenvalue weighted by Crippen LogP contribution is 2.53. The topological polar surface area (TPSA) is 38.9 Å². The SMILES string of the molecule is CC1(C)c2cc3ccccc3cc2-c2c(-c3ccc(-c4cc(-c5ccccc5-c5cccc6oc7c8ccccc8ccc7c56)nc(-c5ccccc5)n4)cc3)cccc21. The van der Waals surface area contributed by atoms with Gasteiger partial charge < -0.3 is 4.42 Å². The maximum Gasteiger partial charge on any atom is 0.160 e. The third kappa shape index (κ3) is 5.29. The van der Waals surface area contributed by atoms with Crippen LogP contribution < -0.4 is 0 Å². The third-order valence-corrected chi connectivity index (χ3v) is 12.7. The Balaban J connectivity index is 0.998. The number of hydrogen-bond acceptors (Lipinski definition) is 3. The molecule has 2 heterocycles. The van der Waals surface area contributed by atoms with E-state index in [1.165, 1.54) is 44.2 Å². The van der Waals surface area contributed by atoms with Crippen LogP contribution in [0, 0.1) is 0 Å². The van der Waals surface area contributed by atoms with Crippen LogP contribution in [0.5, 0.6) is 0 Å². The lowest BCUT2D eigenvalue weighted by Gasteiger charge is -2.22. The summed E-state index contributed by atoms with van der Waals surface area (Å²) in [6.45, 7) is 4.71. The number of fused-ring (bicyclic) bond motifs is 9. The molecule has 0 N–H and O–H groups in total. The zero-order valence-corrected chi connectivity index (χ0v) is 33.3. The lowest BCUT2D eigenvalue weighted by molar-refractivity contribution is 0.661. The zero-order valence-electron chi connectivity index (χ0n) is 33.3. The van der Waals surface area contributed by atoms with E-state index < -0.39 is 0 Å². The number of nitrogens with zero attached hydrogens (tertiary/aromatic N) is 2. The van der Waals surface area contributed by atoms with Gasteiger partial charge in [0.05, 0.1) is 11.4 Å². The summed E-state index contributed by atoms with van der Waals surface area (Å²) < 4.78 is 6.61. The summed E-state index contributed by atoms with van der Waals surface area (Å²) in [5.41, 5.74) is 16.5. The Morgan fingerprint density at radius 1 is 0.400 bits per heavy atom. The second-order valence-electron chi connectivity index (χ2n) is 16.5. The second-order valence-corrected chi connectivity index (χ2v) is 16.5. The van der Waals surface area contributed by atoms with Crippen molar-refractivity contribution in [2.75, 3.05) is 0 Å². The Morgan fingerprint density at radius 2 is 1.05 bits per heavy atom. The molecule has 3 heteroatoms. The van der Waals surface area contributed by atoms with Crippen molar-refractivity contribution in [1.82, 2.24) is 9.97 Å². The molecular formula is C57H38N2O. The van der Waals surface area contributed by atoms with Gasteiger partial charge in [0, 0.05) is 38.3 Å². The maximum absolute atomic E-state index is 6.61. The summed E-state index contributed by atoms with van der Waals surface area (Å²) in [4.78, 5) is 10.5. The predicted octanol–water partition coefficient (Wildman–Crippen LogP) is 15.3. The fourth-order valence-corrected chi connectivity index (χ4v) is 9.70. The van der Waals surface area contributed by atoms with Crippen molar-refractivity contribution in [3.63, 3.8) is 0 Å². The van der Waals surface area contributed by atoms with Crippen LogP contribution in [-0.2, 0) is 5.41 Å². The number of benzene rings is 9. The van der Waals surface area contributed by atoms with Crippen molar-refractivity contribution < 1.29 is 4.42 Å². The van der Waals surface area contributed by atoms with Crippen molar-refractivity contribution in [3.05, 3.63) is 205 Å². The van der Waals surface area contributed by atoms with Crippen LogP contribution in [0.15, 0.2) is 199 Å². The third-order valence-electron chi connectivity index (χ3n) is 12.7. The zero-order chi connectivity index (χ0) is 40.0. The minimum atomic E-state index is -0.100. The minimum Gasteiger partial charge on any atom is -0.455 e. The molecule has 1 aliphatic rings. The molecule has 0 fully saturated rings. The molecule has 1 aliphatic carbocycles. The van der Waals surface area contributed by atoms with Gasteiger partial charge in [-0.3, -0.25) is 0 Å². The van der Waals surface area contributed by atoms with E-state index >= 15 is 0 Å². The fourth-order valence-electron chi connectivity index (χ4n) is 9.70. The Labute approximate surface area is 348 Å². The molecule has 0 spiro atoms. The highest BCUT2D eigenvalue weighted by molar-refractivity contribution is 6.19. The average Bonchev–Trinajstić information content (AvgIpc) is 3.80. The van der Waals surface area contributed by atoms with Crippen molar-refractivity contribution in [3.8, 4) is 67.3 Å². The van der Waals surface area contributed by atoms with Gasteiger partial charge in [-0.05, 0) is 91.0 Å². The highest BCUT2D eigenvalue weighted by atomic mass is 16.3. The Morgan fingerprint density at radius 3 is 1.88 bits per heavy atom. The predicted molar refractivity (Wildman–Crippen MR) is 249 cm³/mol. The van der Waals surface area contributed by atoms with Gasteiger partial charge in [0.2, 0.25) is 0 Å². The molecule has 12 rings (SSSR count). The van der Waals surface area contributed by atoms with E-state index in [1.807, 2.05) is 18.2 Å². The minimum absolute atomic E-state index is 0.100. The lowest BCUT2D eigenvalue weighted by atomic mass is 9.81. The summed E-state index contributed by atoms with van der Waals surface area (Å²) in [5, 5.41) is 7.03. The van der Waals surface area contributed by atoms with Crippen LogP contribution in [0.2, 0.25) is 0 Å². The summed E-state index contributed by atoms with van der Waals surface area (Å²) in [6.07, 6.45) is 0. The first-order chi connectivity index (χ1) is 29.5. The molecule has 0 saturated heterocycles. The molecule has 0 saturated carbocycles. The van der Waals surface area contributed by atoms with Crippen molar-refractivity contribution in [2.24, 2.45) is 0 Å². The van der Waals surface area contributed by atoms with Gasteiger partial charge in [0.1, 0.15) is 11.2 Å². The molecule has 0 amide bonds. The van der Waals surface area contributed by atoms with Crippen molar-refractivity contribution in [1.29, 1.82) is 0 Å².